The Kier molecular flexibility index (Phi) is 3.20. The van der Waals surface area contributed by atoms with Crippen LogP contribution in [0.25, 0.3) is 6.08 Å². The lowest BCUT2D eigenvalue weighted by molar-refractivity contribution is -0.205. The molecule has 1 aromatic carbocycles. The fraction of sp³-hybridized carbons (Fsp3) is 0.714. The molecule has 28 heavy (non-hydrogen) atoms. The fourth-order valence-corrected chi connectivity index (χ4v) is 11.0. The quantitative estimate of drug-likeness (QED) is 0.519. The minimum atomic E-state index is 0.507. The van der Waals surface area contributed by atoms with Crippen LogP contribution < -0.4 is 0 Å². The molecule has 8 saturated carbocycles. The molecule has 2 unspecified atom stereocenters. The lowest BCUT2D eigenvalue weighted by atomic mass is 9.32. The molecule has 0 amide bonds. The summed E-state index contributed by atoms with van der Waals surface area (Å²) in [5.74, 6) is 5.34. The molecule has 8 bridgehead atoms. The third-order valence-electron chi connectivity index (χ3n) is 11.0. The van der Waals surface area contributed by atoms with Crippen molar-refractivity contribution in [1.82, 2.24) is 0 Å². The molecule has 0 aliphatic heterocycles. The van der Waals surface area contributed by atoms with E-state index in [0.717, 1.165) is 35.0 Å². The smallest absolute Gasteiger partial charge is 0.00362 e. The first-order chi connectivity index (χ1) is 13.6. The Hall–Kier alpha value is -1.04. The van der Waals surface area contributed by atoms with E-state index in [1.807, 2.05) is 6.08 Å². The molecule has 0 saturated heterocycles. The molecule has 0 heteroatoms. The van der Waals surface area contributed by atoms with Gasteiger partial charge in [0.1, 0.15) is 0 Å². The molecule has 0 spiro atoms. The van der Waals surface area contributed by atoms with Crippen LogP contribution in [0.2, 0.25) is 0 Å². The van der Waals surface area contributed by atoms with Gasteiger partial charge in [-0.25, -0.2) is 0 Å². The average Bonchev–Trinajstić information content (AvgIpc) is 2.66. The zero-order chi connectivity index (χ0) is 18.6. The molecule has 8 aliphatic carbocycles. The summed E-state index contributed by atoms with van der Waals surface area (Å²) in [6.07, 6.45) is 20.9. The standard InChI is InChI=1S/C28H36/c1-2-19-3-5-25(6-4-19)26-11-23-10-24(12-26)17-28(16-23,18-26)27-13-20-7-21(14-27)9-22(8-20)15-27/h2-6,20-24H,1,7-18H2/t20?,21?,22?,23-,24+,26?,27?,28?. The maximum Gasteiger partial charge on any atom is -0.00362 e. The zero-order valence-electron chi connectivity index (χ0n) is 17.5. The maximum atomic E-state index is 3.97. The highest BCUT2D eigenvalue weighted by Gasteiger charge is 2.67. The van der Waals surface area contributed by atoms with E-state index in [2.05, 4.69) is 30.8 Å². The first-order valence-corrected chi connectivity index (χ1v) is 12.3. The summed E-state index contributed by atoms with van der Waals surface area (Å²) >= 11 is 0. The molecule has 8 aliphatic rings. The summed E-state index contributed by atoms with van der Waals surface area (Å²) in [7, 11) is 0. The molecular weight excluding hydrogens is 336 g/mol. The van der Waals surface area contributed by atoms with Crippen LogP contribution >= 0.6 is 0 Å². The predicted octanol–water partition coefficient (Wildman–Crippen LogP) is 7.38. The van der Waals surface area contributed by atoms with Gasteiger partial charge in [-0.2, -0.15) is 0 Å². The Morgan fingerprint density at radius 1 is 0.643 bits per heavy atom. The Bertz CT molecular complexity index is 762. The van der Waals surface area contributed by atoms with Crippen LogP contribution in [0.5, 0.6) is 0 Å². The van der Waals surface area contributed by atoms with E-state index in [0.29, 0.717) is 10.8 Å². The summed E-state index contributed by atoms with van der Waals surface area (Å²) in [4.78, 5) is 0. The Morgan fingerprint density at radius 3 is 1.68 bits per heavy atom. The highest BCUT2D eigenvalue weighted by atomic mass is 14.7. The van der Waals surface area contributed by atoms with Crippen molar-refractivity contribution in [3.63, 3.8) is 0 Å². The number of rotatable bonds is 3. The van der Waals surface area contributed by atoms with Gasteiger partial charge in [0.25, 0.3) is 0 Å². The van der Waals surface area contributed by atoms with Crippen molar-refractivity contribution in [2.45, 2.75) is 82.5 Å². The first-order valence-electron chi connectivity index (χ1n) is 12.3. The van der Waals surface area contributed by atoms with Crippen molar-refractivity contribution < 1.29 is 0 Å². The zero-order valence-corrected chi connectivity index (χ0v) is 17.5. The van der Waals surface area contributed by atoms with Gasteiger partial charge >= 0.3 is 0 Å². The van der Waals surface area contributed by atoms with Crippen molar-refractivity contribution in [3.05, 3.63) is 42.0 Å². The highest BCUT2D eigenvalue weighted by molar-refractivity contribution is 5.48. The van der Waals surface area contributed by atoms with Gasteiger partial charge in [0.05, 0.1) is 0 Å². The van der Waals surface area contributed by atoms with Crippen molar-refractivity contribution in [2.24, 2.45) is 40.4 Å². The fourth-order valence-electron chi connectivity index (χ4n) is 11.0. The lowest BCUT2D eigenvalue weighted by Gasteiger charge is -2.72. The van der Waals surface area contributed by atoms with Crippen LogP contribution in [0.15, 0.2) is 30.8 Å². The molecule has 0 aromatic heterocycles. The van der Waals surface area contributed by atoms with Gasteiger partial charge in [0, 0.05) is 0 Å². The van der Waals surface area contributed by atoms with E-state index in [1.54, 1.807) is 63.4 Å². The van der Waals surface area contributed by atoms with E-state index in [9.17, 15) is 0 Å². The summed E-state index contributed by atoms with van der Waals surface area (Å²) in [6.45, 7) is 3.97. The molecule has 1 aromatic rings. The second-order valence-corrected chi connectivity index (χ2v) is 12.5. The van der Waals surface area contributed by atoms with Crippen molar-refractivity contribution >= 4 is 6.08 Å². The second kappa shape index (κ2) is 5.35. The van der Waals surface area contributed by atoms with E-state index in [4.69, 9.17) is 0 Å². The Morgan fingerprint density at radius 2 is 1.14 bits per heavy atom. The van der Waals surface area contributed by atoms with E-state index >= 15 is 0 Å². The highest BCUT2D eigenvalue weighted by Crippen LogP contribution is 2.77. The molecule has 0 heterocycles. The minimum Gasteiger partial charge on any atom is -0.0985 e. The number of benzene rings is 1. The van der Waals surface area contributed by atoms with Crippen molar-refractivity contribution in [2.75, 3.05) is 0 Å². The molecule has 0 radical (unpaired) electrons. The van der Waals surface area contributed by atoms with E-state index < -0.39 is 0 Å². The lowest BCUT2D eigenvalue weighted by Crippen LogP contribution is -2.63. The minimum absolute atomic E-state index is 0.507. The summed E-state index contributed by atoms with van der Waals surface area (Å²) in [5.41, 5.74) is 4.91. The van der Waals surface area contributed by atoms with Gasteiger partial charge in [-0.3, -0.25) is 0 Å². The van der Waals surface area contributed by atoms with Crippen LogP contribution in [0.4, 0.5) is 0 Å². The Balaban J connectivity index is 1.31. The van der Waals surface area contributed by atoms with Gasteiger partial charge in [-0.1, -0.05) is 36.9 Å². The number of hydrogen-bond acceptors (Lipinski definition) is 0. The summed E-state index contributed by atoms with van der Waals surface area (Å²) < 4.78 is 0. The third kappa shape index (κ3) is 2.08. The van der Waals surface area contributed by atoms with Crippen molar-refractivity contribution in [1.29, 1.82) is 0 Å². The van der Waals surface area contributed by atoms with Gasteiger partial charge in [0.15, 0.2) is 0 Å². The molecule has 8 fully saturated rings. The molecule has 148 valence electrons. The predicted molar refractivity (Wildman–Crippen MR) is 116 cm³/mol. The largest absolute Gasteiger partial charge is 0.0985 e. The van der Waals surface area contributed by atoms with Gasteiger partial charge in [-0.05, 0) is 134 Å². The van der Waals surface area contributed by atoms with Crippen LogP contribution in [0.3, 0.4) is 0 Å². The van der Waals surface area contributed by atoms with Crippen LogP contribution in [0, 0.1) is 40.4 Å². The Labute approximate surface area is 171 Å². The molecule has 9 rings (SSSR count). The molecule has 4 atom stereocenters. The summed E-state index contributed by atoms with van der Waals surface area (Å²) in [5, 5.41) is 0. The van der Waals surface area contributed by atoms with E-state index in [1.165, 1.54) is 24.8 Å². The van der Waals surface area contributed by atoms with Gasteiger partial charge in [0.2, 0.25) is 0 Å². The van der Waals surface area contributed by atoms with Gasteiger partial charge < -0.3 is 0 Å². The maximum absolute atomic E-state index is 3.97. The first kappa shape index (κ1) is 16.7. The van der Waals surface area contributed by atoms with Crippen molar-refractivity contribution in [3.8, 4) is 0 Å². The molecule has 0 nitrogen and oxygen atoms in total. The van der Waals surface area contributed by atoms with Crippen LogP contribution in [0.1, 0.15) is 88.2 Å². The topological polar surface area (TPSA) is 0 Å². The summed E-state index contributed by atoms with van der Waals surface area (Å²) in [6, 6.07) is 9.63. The second-order valence-electron chi connectivity index (χ2n) is 12.5. The van der Waals surface area contributed by atoms with Crippen LogP contribution in [-0.4, -0.2) is 0 Å². The third-order valence-corrected chi connectivity index (χ3v) is 11.0. The number of hydrogen-bond donors (Lipinski definition) is 0. The van der Waals surface area contributed by atoms with Gasteiger partial charge in [-0.15, -0.1) is 0 Å². The van der Waals surface area contributed by atoms with E-state index in [-0.39, 0.29) is 0 Å². The average molecular weight is 373 g/mol. The van der Waals surface area contributed by atoms with Crippen LogP contribution in [-0.2, 0) is 5.41 Å². The molecular formula is C28H36. The monoisotopic (exact) mass is 372 g/mol. The SMILES string of the molecule is C=Cc1ccc(C23C[C@H]4C[C@@H](C2)CC(C25CC6CC(CC(C6)C2)C5)(C4)C3)cc1. The molecule has 0 N–H and O–H groups in total. The normalized spacial score (nSPS) is 52.9.